The number of nitrogens with one attached hydrogen (secondary N) is 1. The topological polar surface area (TPSA) is 82.4 Å². The molecule has 1 N–H and O–H groups in total. The second-order valence-corrected chi connectivity index (χ2v) is 11.3. The minimum Gasteiger partial charge on any atom is -0.491 e. The number of nitrogens with zero attached hydrogens (tertiary/aromatic N) is 2. The lowest BCUT2D eigenvalue weighted by molar-refractivity contribution is -0.111. The van der Waals surface area contributed by atoms with Crippen molar-refractivity contribution in [3.8, 4) is 16.9 Å². The zero-order chi connectivity index (χ0) is 29.6. The smallest absolute Gasteiger partial charge is 0.248 e. The SMILES string of the molecule is CCCCOCCOc1ccc(-c2cccc(/C=C/C(=O)Nc3ccc(S(=O)Cc4cncn4CCC)cc3)c2)cc1. The molecule has 7 nitrogen and oxygen atoms in total. The maximum atomic E-state index is 12.9. The van der Waals surface area contributed by atoms with Gasteiger partial charge in [0.25, 0.3) is 0 Å². The highest BCUT2D eigenvalue weighted by molar-refractivity contribution is 7.84. The Bertz CT molecular complexity index is 1460. The van der Waals surface area contributed by atoms with Crippen LogP contribution in [0.2, 0.25) is 0 Å². The Balaban J connectivity index is 1.27. The number of aromatic nitrogens is 2. The molecule has 1 heterocycles. The lowest BCUT2D eigenvalue weighted by Gasteiger charge is -2.08. The molecule has 1 amide bonds. The Morgan fingerprint density at radius 3 is 2.52 bits per heavy atom. The van der Waals surface area contributed by atoms with Crippen molar-refractivity contribution in [3.05, 3.63) is 103 Å². The first-order chi connectivity index (χ1) is 20.6. The Morgan fingerprint density at radius 2 is 1.76 bits per heavy atom. The van der Waals surface area contributed by atoms with Crippen molar-refractivity contribution in [1.29, 1.82) is 0 Å². The Hall–Kier alpha value is -4.01. The van der Waals surface area contributed by atoms with Crippen molar-refractivity contribution in [2.24, 2.45) is 0 Å². The van der Waals surface area contributed by atoms with Gasteiger partial charge in [0.1, 0.15) is 12.4 Å². The number of hydrogen-bond donors (Lipinski definition) is 1. The Morgan fingerprint density at radius 1 is 0.952 bits per heavy atom. The molecule has 3 aromatic carbocycles. The van der Waals surface area contributed by atoms with Gasteiger partial charge in [-0.15, -0.1) is 0 Å². The van der Waals surface area contributed by atoms with Crippen LogP contribution in [0.4, 0.5) is 5.69 Å². The molecular formula is C34H39N3O4S. The molecule has 8 heteroatoms. The quantitative estimate of drug-likeness (QED) is 0.112. The van der Waals surface area contributed by atoms with E-state index in [0.29, 0.717) is 29.5 Å². The largest absolute Gasteiger partial charge is 0.491 e. The van der Waals surface area contributed by atoms with E-state index >= 15 is 0 Å². The van der Waals surface area contributed by atoms with Crippen LogP contribution in [0.15, 0.2) is 96.3 Å². The summed E-state index contributed by atoms with van der Waals surface area (Å²) in [6, 6.07) is 23.1. The average Bonchev–Trinajstić information content (AvgIpc) is 3.45. The van der Waals surface area contributed by atoms with E-state index in [-0.39, 0.29) is 5.91 Å². The van der Waals surface area contributed by atoms with Crippen LogP contribution in [-0.4, -0.2) is 39.5 Å². The third kappa shape index (κ3) is 9.53. The van der Waals surface area contributed by atoms with Gasteiger partial charge in [0, 0.05) is 36.0 Å². The summed E-state index contributed by atoms with van der Waals surface area (Å²) in [6.07, 6.45) is 10.0. The van der Waals surface area contributed by atoms with Gasteiger partial charge in [-0.25, -0.2) is 4.98 Å². The normalized spacial score (nSPS) is 12.0. The maximum absolute atomic E-state index is 12.9. The van der Waals surface area contributed by atoms with Crippen LogP contribution in [0.25, 0.3) is 17.2 Å². The highest BCUT2D eigenvalue weighted by Gasteiger charge is 2.10. The molecule has 42 heavy (non-hydrogen) atoms. The second-order valence-electron chi connectivity index (χ2n) is 9.88. The highest BCUT2D eigenvalue weighted by atomic mass is 32.2. The van der Waals surface area contributed by atoms with Crippen molar-refractivity contribution >= 4 is 28.5 Å². The molecule has 0 aliphatic carbocycles. The van der Waals surface area contributed by atoms with Crippen LogP contribution in [0.3, 0.4) is 0 Å². The zero-order valence-corrected chi connectivity index (χ0v) is 25.1. The first-order valence-electron chi connectivity index (χ1n) is 14.4. The van der Waals surface area contributed by atoms with Crippen LogP contribution in [0.1, 0.15) is 44.4 Å². The van der Waals surface area contributed by atoms with Crippen LogP contribution < -0.4 is 10.1 Å². The Labute approximate surface area is 251 Å². The summed E-state index contributed by atoms with van der Waals surface area (Å²) in [5, 5.41) is 2.87. The molecular weight excluding hydrogens is 546 g/mol. The predicted octanol–water partition coefficient (Wildman–Crippen LogP) is 7.12. The third-order valence-electron chi connectivity index (χ3n) is 6.57. The molecule has 0 aliphatic rings. The van der Waals surface area contributed by atoms with Crippen LogP contribution in [0, 0.1) is 0 Å². The summed E-state index contributed by atoms with van der Waals surface area (Å²) >= 11 is 0. The van der Waals surface area contributed by atoms with E-state index in [9.17, 15) is 9.00 Å². The fourth-order valence-corrected chi connectivity index (χ4v) is 5.42. The molecule has 1 aromatic heterocycles. The van der Waals surface area contributed by atoms with Crippen molar-refractivity contribution in [3.63, 3.8) is 0 Å². The van der Waals surface area contributed by atoms with Gasteiger partial charge in [0.05, 0.1) is 35.2 Å². The van der Waals surface area contributed by atoms with Crippen molar-refractivity contribution in [2.75, 3.05) is 25.1 Å². The first kappa shape index (κ1) is 30.9. The first-order valence-corrected chi connectivity index (χ1v) is 15.7. The molecule has 0 saturated heterocycles. The molecule has 0 spiro atoms. The van der Waals surface area contributed by atoms with Gasteiger partial charge in [-0.05, 0) is 78.1 Å². The number of benzene rings is 3. The number of ether oxygens (including phenoxy) is 2. The lowest BCUT2D eigenvalue weighted by Crippen LogP contribution is -2.08. The van der Waals surface area contributed by atoms with Gasteiger partial charge >= 0.3 is 0 Å². The third-order valence-corrected chi connectivity index (χ3v) is 7.92. The van der Waals surface area contributed by atoms with E-state index in [1.165, 1.54) is 6.08 Å². The van der Waals surface area contributed by atoms with Crippen LogP contribution in [-0.2, 0) is 32.6 Å². The van der Waals surface area contributed by atoms with E-state index in [1.807, 2.05) is 53.1 Å². The minimum absolute atomic E-state index is 0.238. The highest BCUT2D eigenvalue weighted by Crippen LogP contribution is 2.24. The van der Waals surface area contributed by atoms with Gasteiger partial charge in [0.2, 0.25) is 5.91 Å². The van der Waals surface area contributed by atoms with E-state index in [4.69, 9.17) is 9.47 Å². The standard InChI is InChI=1S/C34H39N3O4S/c1-3-5-20-40-21-22-41-32-14-10-28(11-15-32)29-8-6-7-27(23-29)9-18-34(38)36-30-12-16-33(17-13-30)42(39)25-31-24-35-26-37(31)19-4-2/h6-18,23-24,26H,3-5,19-22,25H2,1-2H3,(H,36,38)/b18-9+. The molecule has 4 rings (SSSR count). The van der Waals surface area contributed by atoms with Gasteiger partial charge in [-0.1, -0.05) is 50.6 Å². The maximum Gasteiger partial charge on any atom is 0.248 e. The Kier molecular flexibility index (Phi) is 12.1. The number of anilines is 1. The molecule has 1 atom stereocenters. The predicted molar refractivity (Wildman–Crippen MR) is 170 cm³/mol. The number of carbonyl (C=O) groups is 1. The average molecular weight is 586 g/mol. The van der Waals surface area contributed by atoms with Crippen molar-refractivity contribution in [2.45, 2.75) is 50.3 Å². The van der Waals surface area contributed by atoms with Gasteiger partial charge in [0.15, 0.2) is 0 Å². The number of rotatable bonds is 16. The summed E-state index contributed by atoms with van der Waals surface area (Å²) in [7, 11) is -1.20. The number of imidazole rings is 1. The van der Waals surface area contributed by atoms with Gasteiger partial charge in [-0.3, -0.25) is 9.00 Å². The molecule has 0 aliphatic heterocycles. The minimum atomic E-state index is -1.20. The molecule has 0 bridgehead atoms. The monoisotopic (exact) mass is 585 g/mol. The van der Waals surface area contributed by atoms with Crippen LogP contribution in [0.5, 0.6) is 5.75 Å². The summed E-state index contributed by atoms with van der Waals surface area (Å²) in [5.74, 6) is 0.974. The number of amides is 1. The zero-order valence-electron chi connectivity index (χ0n) is 24.3. The molecule has 0 radical (unpaired) electrons. The second kappa shape index (κ2) is 16.4. The number of hydrogen-bond acceptors (Lipinski definition) is 5. The van der Waals surface area contributed by atoms with Gasteiger partial charge < -0.3 is 19.4 Å². The number of aryl methyl sites for hydroxylation is 1. The fourth-order valence-electron chi connectivity index (χ4n) is 4.31. The van der Waals surface area contributed by atoms with Crippen molar-refractivity contribution < 1.29 is 18.5 Å². The molecule has 4 aromatic rings. The molecule has 0 saturated carbocycles. The fraction of sp³-hybridized carbons (Fsp3) is 0.294. The lowest BCUT2D eigenvalue weighted by atomic mass is 10.0. The summed E-state index contributed by atoms with van der Waals surface area (Å²) in [5.41, 5.74) is 4.62. The summed E-state index contributed by atoms with van der Waals surface area (Å²) in [4.78, 5) is 17.5. The molecule has 220 valence electrons. The van der Waals surface area contributed by atoms with E-state index in [1.54, 1.807) is 42.9 Å². The molecule has 0 fully saturated rings. The van der Waals surface area contributed by atoms with E-state index in [0.717, 1.165) is 60.5 Å². The van der Waals surface area contributed by atoms with Crippen LogP contribution >= 0.6 is 0 Å². The van der Waals surface area contributed by atoms with Gasteiger partial charge in [-0.2, -0.15) is 0 Å². The number of unbranched alkanes of at least 4 members (excludes halogenated alkanes) is 1. The number of carbonyl (C=O) groups excluding carboxylic acids is 1. The summed E-state index contributed by atoms with van der Waals surface area (Å²) < 4.78 is 26.2. The summed E-state index contributed by atoms with van der Waals surface area (Å²) in [6.45, 7) is 6.99. The van der Waals surface area contributed by atoms with Crippen molar-refractivity contribution in [1.82, 2.24) is 9.55 Å². The van der Waals surface area contributed by atoms with E-state index in [2.05, 4.69) is 24.1 Å². The van der Waals surface area contributed by atoms with E-state index < -0.39 is 10.8 Å². The molecule has 1 unspecified atom stereocenters.